The zero-order valence-corrected chi connectivity index (χ0v) is 9.99. The molecule has 94 valence electrons. The Labute approximate surface area is 101 Å². The molecule has 0 atom stereocenters. The molecule has 2 rings (SSSR count). The maximum absolute atomic E-state index is 13.5. The van der Waals surface area contributed by atoms with Crippen molar-refractivity contribution in [1.29, 1.82) is 0 Å². The largest absolute Gasteiger partial charge is 0.380 e. The van der Waals surface area contributed by atoms with Gasteiger partial charge in [-0.3, -0.25) is 0 Å². The fourth-order valence-corrected chi connectivity index (χ4v) is 2.13. The minimum atomic E-state index is -0.184. The summed E-state index contributed by atoms with van der Waals surface area (Å²) in [5, 5.41) is 0. The number of halogens is 1. The maximum Gasteiger partial charge on any atom is 0.125 e. The lowest BCUT2D eigenvalue weighted by atomic mass is 10.1. The number of hydrogen-bond donors (Lipinski definition) is 1. The van der Waals surface area contributed by atoms with Gasteiger partial charge < -0.3 is 15.4 Å². The van der Waals surface area contributed by atoms with Gasteiger partial charge in [0.15, 0.2) is 0 Å². The van der Waals surface area contributed by atoms with Crippen molar-refractivity contribution in [2.45, 2.75) is 12.8 Å². The van der Waals surface area contributed by atoms with Crippen molar-refractivity contribution in [2.75, 3.05) is 37.7 Å². The zero-order chi connectivity index (χ0) is 12.1. The van der Waals surface area contributed by atoms with Gasteiger partial charge in [0.1, 0.15) is 5.82 Å². The summed E-state index contributed by atoms with van der Waals surface area (Å²) in [5.74, 6) is -0.184. The number of benzene rings is 1. The van der Waals surface area contributed by atoms with Gasteiger partial charge in [0.05, 0.1) is 6.61 Å². The van der Waals surface area contributed by atoms with E-state index in [4.69, 9.17) is 10.5 Å². The number of rotatable bonds is 3. The fraction of sp³-hybridized carbons (Fsp3) is 0.538. The number of anilines is 1. The first-order valence-corrected chi connectivity index (χ1v) is 6.12. The summed E-state index contributed by atoms with van der Waals surface area (Å²) in [4.78, 5) is 2.18. The van der Waals surface area contributed by atoms with Crippen LogP contribution in [0.15, 0.2) is 18.2 Å². The van der Waals surface area contributed by atoms with Crippen LogP contribution in [0, 0.1) is 5.82 Å². The van der Waals surface area contributed by atoms with Gasteiger partial charge in [-0.05, 0) is 43.1 Å². The first kappa shape index (κ1) is 12.3. The van der Waals surface area contributed by atoms with Crippen molar-refractivity contribution in [1.82, 2.24) is 0 Å². The summed E-state index contributed by atoms with van der Waals surface area (Å²) in [7, 11) is 0. The molecule has 0 bridgehead atoms. The molecule has 1 fully saturated rings. The maximum atomic E-state index is 13.5. The van der Waals surface area contributed by atoms with Crippen molar-refractivity contribution in [3.05, 3.63) is 29.6 Å². The van der Waals surface area contributed by atoms with Gasteiger partial charge in [-0.2, -0.15) is 0 Å². The van der Waals surface area contributed by atoms with Crippen LogP contribution in [0.1, 0.15) is 12.0 Å². The Bertz CT molecular complexity index is 362. The third-order valence-corrected chi connectivity index (χ3v) is 2.96. The second kappa shape index (κ2) is 5.98. The molecular formula is C13H19FN2O. The molecule has 0 aliphatic carbocycles. The Morgan fingerprint density at radius 2 is 2.12 bits per heavy atom. The summed E-state index contributed by atoms with van der Waals surface area (Å²) in [6.45, 7) is 3.80. The van der Waals surface area contributed by atoms with Gasteiger partial charge in [0.2, 0.25) is 0 Å². The molecule has 1 aromatic rings. The van der Waals surface area contributed by atoms with Crippen molar-refractivity contribution in [3.8, 4) is 0 Å². The molecule has 1 saturated heterocycles. The lowest BCUT2D eigenvalue weighted by Crippen LogP contribution is -2.26. The van der Waals surface area contributed by atoms with E-state index in [1.54, 1.807) is 12.1 Å². The summed E-state index contributed by atoms with van der Waals surface area (Å²) < 4.78 is 18.9. The lowest BCUT2D eigenvalue weighted by molar-refractivity contribution is 0.152. The number of nitrogens with zero attached hydrogens (tertiary/aromatic N) is 1. The van der Waals surface area contributed by atoms with Crippen LogP contribution in [0.3, 0.4) is 0 Å². The highest BCUT2D eigenvalue weighted by Gasteiger charge is 2.11. The van der Waals surface area contributed by atoms with Gasteiger partial charge in [-0.15, -0.1) is 0 Å². The quantitative estimate of drug-likeness (QED) is 0.868. The van der Waals surface area contributed by atoms with Crippen molar-refractivity contribution < 1.29 is 9.13 Å². The van der Waals surface area contributed by atoms with E-state index >= 15 is 0 Å². The van der Waals surface area contributed by atoms with Crippen LogP contribution >= 0.6 is 0 Å². The van der Waals surface area contributed by atoms with Crippen molar-refractivity contribution >= 4 is 5.69 Å². The van der Waals surface area contributed by atoms with E-state index in [1.165, 1.54) is 0 Å². The third-order valence-electron chi connectivity index (χ3n) is 2.96. The summed E-state index contributed by atoms with van der Waals surface area (Å²) in [6, 6.07) is 5.18. The predicted molar refractivity (Wildman–Crippen MR) is 66.8 cm³/mol. The van der Waals surface area contributed by atoms with Crippen molar-refractivity contribution in [2.24, 2.45) is 5.73 Å². The first-order chi connectivity index (χ1) is 8.29. The van der Waals surface area contributed by atoms with Crippen LogP contribution in [0.4, 0.5) is 10.1 Å². The molecule has 0 aromatic heterocycles. The molecule has 1 aromatic carbocycles. The standard InChI is InChI=1S/C13H19FN2O/c14-12-8-11(2-3-15)9-13(10-12)16-4-1-6-17-7-5-16/h8-10H,1-7,15H2. The Kier molecular flexibility index (Phi) is 4.34. The Morgan fingerprint density at radius 3 is 2.94 bits per heavy atom. The average Bonchev–Trinajstić information content (AvgIpc) is 2.57. The highest BCUT2D eigenvalue weighted by molar-refractivity contribution is 5.49. The normalized spacial score (nSPS) is 16.9. The summed E-state index contributed by atoms with van der Waals surface area (Å²) in [6.07, 6.45) is 1.71. The van der Waals surface area contributed by atoms with E-state index in [2.05, 4.69) is 4.90 Å². The Balaban J connectivity index is 2.17. The second-order valence-electron chi connectivity index (χ2n) is 4.31. The van der Waals surface area contributed by atoms with E-state index in [0.717, 1.165) is 43.8 Å². The molecular weight excluding hydrogens is 219 g/mol. The number of hydrogen-bond acceptors (Lipinski definition) is 3. The predicted octanol–water partition coefficient (Wildman–Crippen LogP) is 1.55. The van der Waals surface area contributed by atoms with Gasteiger partial charge in [-0.25, -0.2) is 4.39 Å². The zero-order valence-electron chi connectivity index (χ0n) is 9.99. The Morgan fingerprint density at radius 1 is 1.24 bits per heavy atom. The first-order valence-electron chi connectivity index (χ1n) is 6.12. The molecule has 0 spiro atoms. The molecule has 4 heteroatoms. The molecule has 1 heterocycles. The molecule has 0 saturated carbocycles. The van der Waals surface area contributed by atoms with E-state index in [-0.39, 0.29) is 5.82 Å². The van der Waals surface area contributed by atoms with E-state index < -0.39 is 0 Å². The molecule has 0 amide bonds. The minimum absolute atomic E-state index is 0.184. The second-order valence-corrected chi connectivity index (χ2v) is 4.31. The topological polar surface area (TPSA) is 38.5 Å². The van der Waals surface area contributed by atoms with E-state index in [9.17, 15) is 4.39 Å². The highest BCUT2D eigenvalue weighted by Crippen LogP contribution is 2.20. The number of ether oxygens (including phenoxy) is 1. The van der Waals surface area contributed by atoms with E-state index in [0.29, 0.717) is 13.2 Å². The smallest absolute Gasteiger partial charge is 0.125 e. The molecule has 3 nitrogen and oxygen atoms in total. The van der Waals surface area contributed by atoms with Crippen LogP contribution in [0.25, 0.3) is 0 Å². The molecule has 1 aliphatic heterocycles. The molecule has 2 N–H and O–H groups in total. The minimum Gasteiger partial charge on any atom is -0.380 e. The Hall–Kier alpha value is -1.13. The van der Waals surface area contributed by atoms with Crippen molar-refractivity contribution in [3.63, 3.8) is 0 Å². The summed E-state index contributed by atoms with van der Waals surface area (Å²) >= 11 is 0. The monoisotopic (exact) mass is 238 g/mol. The lowest BCUT2D eigenvalue weighted by Gasteiger charge is -2.22. The van der Waals surface area contributed by atoms with Gasteiger partial charge in [0.25, 0.3) is 0 Å². The van der Waals surface area contributed by atoms with Gasteiger partial charge >= 0.3 is 0 Å². The van der Waals surface area contributed by atoms with Crippen LogP contribution < -0.4 is 10.6 Å². The van der Waals surface area contributed by atoms with Crippen LogP contribution in [-0.2, 0) is 11.2 Å². The molecule has 0 radical (unpaired) electrons. The highest BCUT2D eigenvalue weighted by atomic mass is 19.1. The average molecular weight is 238 g/mol. The number of nitrogens with two attached hydrogens (primary N) is 1. The van der Waals surface area contributed by atoms with Crippen LogP contribution in [-0.4, -0.2) is 32.8 Å². The molecule has 1 aliphatic rings. The van der Waals surface area contributed by atoms with Crippen LogP contribution in [0.5, 0.6) is 0 Å². The van der Waals surface area contributed by atoms with E-state index in [1.807, 2.05) is 6.07 Å². The third kappa shape index (κ3) is 3.41. The van der Waals surface area contributed by atoms with Gasteiger partial charge in [-0.1, -0.05) is 0 Å². The molecule has 17 heavy (non-hydrogen) atoms. The van der Waals surface area contributed by atoms with Crippen LogP contribution in [0.2, 0.25) is 0 Å². The fourth-order valence-electron chi connectivity index (χ4n) is 2.13. The van der Waals surface area contributed by atoms with Gasteiger partial charge in [0, 0.05) is 25.4 Å². The SMILES string of the molecule is NCCc1cc(F)cc(N2CCCOCC2)c1. The molecule has 0 unspecified atom stereocenters. The summed E-state index contributed by atoms with van der Waals surface area (Å²) in [5.41, 5.74) is 7.42.